The molecule has 11 heteroatoms. The molecule has 2 fully saturated rings. The normalized spacial score (nSPS) is 18.8. The number of piperidine rings is 1. The molecule has 1 unspecified atom stereocenters. The molecular weight excluding hydrogens is 524 g/mol. The zero-order chi connectivity index (χ0) is 27.4. The smallest absolute Gasteiger partial charge is 0.310 e. The van der Waals surface area contributed by atoms with E-state index in [4.69, 9.17) is 21.4 Å². The maximum atomic E-state index is 13.4. The van der Waals surface area contributed by atoms with Crippen LogP contribution in [0.1, 0.15) is 55.6 Å². The molecular formula is C27H30N4O5S2. The van der Waals surface area contributed by atoms with Crippen molar-refractivity contribution in [1.29, 1.82) is 5.26 Å². The molecule has 2 aromatic heterocycles. The first kappa shape index (κ1) is 27.7. The first-order valence-corrected chi connectivity index (χ1v) is 13.9. The van der Waals surface area contributed by atoms with Crippen molar-refractivity contribution in [3.8, 4) is 6.07 Å². The molecule has 2 saturated heterocycles. The Balaban J connectivity index is 1.82. The van der Waals surface area contributed by atoms with Gasteiger partial charge in [0.2, 0.25) is 0 Å². The van der Waals surface area contributed by atoms with Crippen molar-refractivity contribution in [3.05, 3.63) is 56.1 Å². The monoisotopic (exact) mass is 554 g/mol. The number of nitriles is 1. The molecule has 1 amide bonds. The van der Waals surface area contributed by atoms with Gasteiger partial charge in [0.1, 0.15) is 27.5 Å². The van der Waals surface area contributed by atoms with Crippen molar-refractivity contribution >= 4 is 52.1 Å². The van der Waals surface area contributed by atoms with E-state index in [1.54, 1.807) is 42.9 Å². The Hall–Kier alpha value is -3.36. The third kappa shape index (κ3) is 5.42. The van der Waals surface area contributed by atoms with Gasteiger partial charge in [0, 0.05) is 25.2 Å². The third-order valence-electron chi connectivity index (χ3n) is 6.68. The quantitative estimate of drug-likeness (QED) is 0.269. The minimum absolute atomic E-state index is 0.0402. The van der Waals surface area contributed by atoms with E-state index in [0.717, 1.165) is 6.42 Å². The fraction of sp³-hybridized carbons (Fsp3) is 0.444. The van der Waals surface area contributed by atoms with E-state index in [0.29, 0.717) is 71.0 Å². The number of anilines is 1. The van der Waals surface area contributed by atoms with Crippen LogP contribution < -0.4 is 10.5 Å². The molecule has 1 atom stereocenters. The topological polar surface area (TPSA) is 109 Å². The van der Waals surface area contributed by atoms with Crippen LogP contribution in [0.5, 0.6) is 0 Å². The number of thioether (sulfide) groups is 1. The molecule has 2 aromatic rings. The number of thiocarbonyl (C=S) groups is 1. The van der Waals surface area contributed by atoms with Crippen molar-refractivity contribution < 1.29 is 18.7 Å². The van der Waals surface area contributed by atoms with Crippen LogP contribution in [0.3, 0.4) is 0 Å². The van der Waals surface area contributed by atoms with Gasteiger partial charge in [-0.25, -0.2) is 0 Å². The van der Waals surface area contributed by atoms with Crippen molar-refractivity contribution in [2.24, 2.45) is 5.92 Å². The van der Waals surface area contributed by atoms with E-state index in [1.807, 2.05) is 11.8 Å². The second kappa shape index (κ2) is 12.0. The number of ether oxygens (including phenoxy) is 1. The molecule has 200 valence electrons. The number of carbonyl (C=O) groups is 2. The molecule has 0 bridgehead atoms. The largest absolute Gasteiger partial charge is 0.467 e. The minimum atomic E-state index is -0.373. The molecule has 2 aliphatic rings. The summed E-state index contributed by atoms with van der Waals surface area (Å²) in [6, 6.07) is 5.59. The third-order valence-corrected chi connectivity index (χ3v) is 8.06. The molecule has 0 aromatic carbocycles. The molecule has 9 nitrogen and oxygen atoms in total. The lowest BCUT2D eigenvalue weighted by Crippen LogP contribution is -2.43. The zero-order valence-corrected chi connectivity index (χ0v) is 23.3. The highest BCUT2D eigenvalue weighted by Gasteiger charge is 2.35. The Labute approximate surface area is 231 Å². The van der Waals surface area contributed by atoms with Crippen LogP contribution in [0, 0.1) is 24.2 Å². The number of furan rings is 1. The lowest BCUT2D eigenvalue weighted by Gasteiger charge is -2.36. The van der Waals surface area contributed by atoms with Gasteiger partial charge in [0.15, 0.2) is 0 Å². The Bertz CT molecular complexity index is 1370. The predicted octanol–water partition coefficient (Wildman–Crippen LogP) is 4.21. The van der Waals surface area contributed by atoms with E-state index < -0.39 is 0 Å². The summed E-state index contributed by atoms with van der Waals surface area (Å²) in [5, 5.41) is 9.86. The van der Waals surface area contributed by atoms with E-state index in [9.17, 15) is 19.6 Å². The van der Waals surface area contributed by atoms with Gasteiger partial charge in [0.25, 0.3) is 11.5 Å². The van der Waals surface area contributed by atoms with Crippen molar-refractivity contribution in [1.82, 2.24) is 9.47 Å². The average molecular weight is 555 g/mol. The fourth-order valence-electron chi connectivity index (χ4n) is 4.86. The summed E-state index contributed by atoms with van der Waals surface area (Å²) in [5.74, 6) is 0.368. The molecule has 0 aliphatic carbocycles. The Morgan fingerprint density at radius 1 is 1.37 bits per heavy atom. The standard InChI is InChI=1S/C27H30N4O5S2/c1-4-10-30-23(29-11-6-8-18(15-29)26(34)35-5-2)20(17(3)21(14-28)24(30)32)13-22-25(33)31(27(37)38-22)16-19-9-7-12-36-19/h7,9,12-13,18H,4-6,8,10-11,15-16H2,1-3H3/b22-13+. The predicted molar refractivity (Wildman–Crippen MR) is 149 cm³/mol. The maximum absolute atomic E-state index is 13.4. The van der Waals surface area contributed by atoms with Gasteiger partial charge in [-0.1, -0.05) is 30.9 Å². The SMILES string of the molecule is CCCn1c(N2CCCC(C(=O)OCC)C2)c(/C=C2/SC(=S)N(Cc3ccco3)C2=O)c(C)c(C#N)c1=O. The van der Waals surface area contributed by atoms with Crippen LogP contribution in [-0.4, -0.2) is 45.4 Å². The van der Waals surface area contributed by atoms with Gasteiger partial charge in [-0.3, -0.25) is 23.9 Å². The molecule has 2 aliphatic heterocycles. The number of esters is 1. The van der Waals surface area contributed by atoms with E-state index >= 15 is 0 Å². The van der Waals surface area contributed by atoms with E-state index in [2.05, 4.69) is 6.07 Å². The van der Waals surface area contributed by atoms with Crippen LogP contribution in [0.2, 0.25) is 0 Å². The molecule has 0 radical (unpaired) electrons. The van der Waals surface area contributed by atoms with Gasteiger partial charge in [-0.05, 0) is 56.9 Å². The highest BCUT2D eigenvalue weighted by atomic mass is 32.2. The summed E-state index contributed by atoms with van der Waals surface area (Å²) >= 11 is 6.67. The van der Waals surface area contributed by atoms with Gasteiger partial charge >= 0.3 is 5.97 Å². The number of carbonyl (C=O) groups excluding carboxylic acids is 2. The fourth-order valence-corrected chi connectivity index (χ4v) is 6.10. The highest BCUT2D eigenvalue weighted by molar-refractivity contribution is 8.26. The minimum Gasteiger partial charge on any atom is -0.467 e. The van der Waals surface area contributed by atoms with Gasteiger partial charge in [-0.2, -0.15) is 5.26 Å². The molecule has 38 heavy (non-hydrogen) atoms. The van der Waals surface area contributed by atoms with Gasteiger partial charge in [-0.15, -0.1) is 0 Å². The molecule has 0 spiro atoms. The van der Waals surface area contributed by atoms with Crippen LogP contribution in [-0.2, 0) is 27.4 Å². The Morgan fingerprint density at radius 3 is 2.82 bits per heavy atom. The molecule has 0 N–H and O–H groups in total. The summed E-state index contributed by atoms with van der Waals surface area (Å²) < 4.78 is 12.7. The summed E-state index contributed by atoms with van der Waals surface area (Å²) in [4.78, 5) is 43.3. The maximum Gasteiger partial charge on any atom is 0.310 e. The number of amides is 1. The summed E-state index contributed by atoms with van der Waals surface area (Å²) in [5.41, 5.74) is 0.771. The first-order valence-electron chi connectivity index (χ1n) is 12.7. The number of pyridine rings is 1. The van der Waals surface area contributed by atoms with Gasteiger partial charge < -0.3 is 14.1 Å². The highest BCUT2D eigenvalue weighted by Crippen LogP contribution is 2.37. The van der Waals surface area contributed by atoms with E-state index in [-0.39, 0.29) is 35.5 Å². The number of aromatic nitrogens is 1. The summed E-state index contributed by atoms with van der Waals surface area (Å²) in [6.07, 6.45) is 5.38. The average Bonchev–Trinajstić information content (AvgIpc) is 3.51. The summed E-state index contributed by atoms with van der Waals surface area (Å²) in [6.45, 7) is 7.38. The molecule has 4 rings (SSSR count). The van der Waals surface area contributed by atoms with Crippen LogP contribution >= 0.6 is 24.0 Å². The van der Waals surface area contributed by atoms with Gasteiger partial charge in [0.05, 0.1) is 30.2 Å². The summed E-state index contributed by atoms with van der Waals surface area (Å²) in [7, 11) is 0. The zero-order valence-electron chi connectivity index (χ0n) is 21.7. The second-order valence-corrected chi connectivity index (χ2v) is 10.9. The number of hydrogen-bond acceptors (Lipinski definition) is 9. The lowest BCUT2D eigenvalue weighted by molar-refractivity contribution is -0.148. The second-order valence-electron chi connectivity index (χ2n) is 9.19. The first-order chi connectivity index (χ1) is 18.3. The van der Waals surface area contributed by atoms with Crippen LogP contribution in [0.4, 0.5) is 5.82 Å². The number of nitrogens with zero attached hydrogens (tertiary/aromatic N) is 4. The molecule has 0 saturated carbocycles. The van der Waals surface area contributed by atoms with Crippen molar-refractivity contribution in [3.63, 3.8) is 0 Å². The van der Waals surface area contributed by atoms with Crippen LogP contribution in [0.25, 0.3) is 6.08 Å². The number of hydrogen-bond donors (Lipinski definition) is 0. The Kier molecular flexibility index (Phi) is 8.74. The van der Waals surface area contributed by atoms with Crippen molar-refractivity contribution in [2.45, 2.75) is 53.1 Å². The lowest BCUT2D eigenvalue weighted by atomic mass is 9.96. The number of rotatable bonds is 8. The molecule has 4 heterocycles. The Morgan fingerprint density at radius 2 is 2.16 bits per heavy atom. The van der Waals surface area contributed by atoms with Crippen molar-refractivity contribution in [2.75, 3.05) is 24.6 Å². The van der Waals surface area contributed by atoms with Crippen LogP contribution in [0.15, 0.2) is 32.5 Å². The van der Waals surface area contributed by atoms with E-state index in [1.165, 1.54) is 16.7 Å².